The number of fused-ring (bicyclic) bond motifs is 3. The molecule has 2 aromatic carbocycles. The van der Waals surface area contributed by atoms with Gasteiger partial charge in [-0.3, -0.25) is 4.79 Å². The third-order valence-electron chi connectivity index (χ3n) is 5.12. The van der Waals surface area contributed by atoms with Crippen LogP contribution in [0, 0.1) is 3.57 Å². The van der Waals surface area contributed by atoms with Crippen molar-refractivity contribution in [3.8, 4) is 34.1 Å². The van der Waals surface area contributed by atoms with Crippen LogP contribution in [-0.4, -0.2) is 33.2 Å². The lowest BCUT2D eigenvalue weighted by molar-refractivity contribution is -0.129. The van der Waals surface area contributed by atoms with Crippen molar-refractivity contribution < 1.29 is 28.5 Å². The molecule has 0 radical (unpaired) electrons. The van der Waals surface area contributed by atoms with Crippen molar-refractivity contribution in [3.63, 3.8) is 0 Å². The molecule has 8 heteroatoms. The minimum absolute atomic E-state index is 0.146. The molecule has 1 amide bonds. The van der Waals surface area contributed by atoms with E-state index < -0.39 is 5.97 Å². The first-order valence-electron chi connectivity index (χ1n) is 9.61. The highest BCUT2D eigenvalue weighted by Gasteiger charge is 2.30. The van der Waals surface area contributed by atoms with Gasteiger partial charge in [-0.05, 0) is 70.3 Å². The molecule has 31 heavy (non-hydrogen) atoms. The van der Waals surface area contributed by atoms with Crippen molar-refractivity contribution in [1.82, 2.24) is 5.32 Å². The van der Waals surface area contributed by atoms with E-state index in [4.69, 9.17) is 18.9 Å². The predicted octanol–water partition coefficient (Wildman–Crippen LogP) is 4.20. The number of rotatable bonds is 6. The Morgan fingerprint density at radius 1 is 1.10 bits per heavy atom. The van der Waals surface area contributed by atoms with Crippen molar-refractivity contribution in [1.29, 1.82) is 0 Å². The van der Waals surface area contributed by atoms with Crippen LogP contribution in [0.1, 0.15) is 30.5 Å². The number of amides is 1. The Balaban J connectivity index is 2.33. The highest BCUT2D eigenvalue weighted by molar-refractivity contribution is 14.1. The maximum atomic E-state index is 11.9. The van der Waals surface area contributed by atoms with Gasteiger partial charge in [-0.2, -0.15) is 0 Å². The smallest absolute Gasteiger partial charge is 0.335 e. The zero-order valence-electron chi connectivity index (χ0n) is 17.8. The van der Waals surface area contributed by atoms with Crippen LogP contribution in [0.3, 0.4) is 0 Å². The summed E-state index contributed by atoms with van der Waals surface area (Å²) < 4.78 is 23.0. The Morgan fingerprint density at radius 2 is 1.81 bits per heavy atom. The van der Waals surface area contributed by atoms with E-state index in [0.717, 1.165) is 31.9 Å². The third kappa shape index (κ3) is 4.48. The molecule has 1 N–H and O–H groups in total. The van der Waals surface area contributed by atoms with E-state index in [9.17, 15) is 9.59 Å². The highest BCUT2D eigenvalue weighted by Crippen LogP contribution is 2.51. The van der Waals surface area contributed by atoms with Gasteiger partial charge in [0.25, 0.3) is 0 Å². The lowest BCUT2D eigenvalue weighted by Crippen LogP contribution is -2.26. The molecule has 1 aliphatic carbocycles. The van der Waals surface area contributed by atoms with Gasteiger partial charge in [0.1, 0.15) is 5.75 Å². The average molecular weight is 537 g/mol. The number of benzene rings is 2. The number of aryl methyl sites for hydroxylation is 1. The molecule has 0 heterocycles. The Bertz CT molecular complexity index is 1050. The number of carbonyl (C=O) groups excluding carboxylic acids is 2. The zero-order chi connectivity index (χ0) is 22.7. The number of esters is 1. The molecule has 1 atom stereocenters. The first-order chi connectivity index (χ1) is 14.8. The van der Waals surface area contributed by atoms with Gasteiger partial charge in [0.15, 0.2) is 11.5 Å². The monoisotopic (exact) mass is 537 g/mol. The number of carbonyl (C=O) groups is 2. The molecule has 0 unspecified atom stereocenters. The number of hydrogen-bond acceptors (Lipinski definition) is 6. The number of methoxy groups -OCH3 is 3. The van der Waals surface area contributed by atoms with Gasteiger partial charge in [0.05, 0.1) is 30.9 Å². The summed E-state index contributed by atoms with van der Waals surface area (Å²) >= 11 is 2.12. The number of nitrogens with one attached hydrogen (secondary N) is 1. The molecule has 2 aromatic rings. The minimum atomic E-state index is -0.549. The fraction of sp³-hybridized carbons (Fsp3) is 0.304. The third-order valence-corrected chi connectivity index (χ3v) is 5.96. The Kier molecular flexibility index (Phi) is 7.09. The second-order valence-corrected chi connectivity index (χ2v) is 8.13. The van der Waals surface area contributed by atoms with Crippen LogP contribution >= 0.6 is 22.6 Å². The summed E-state index contributed by atoms with van der Waals surface area (Å²) in [6.45, 7) is 4.94. The Labute approximate surface area is 194 Å². The fourth-order valence-electron chi connectivity index (χ4n) is 3.85. The summed E-state index contributed by atoms with van der Waals surface area (Å²) in [5.74, 6) is 1.32. The van der Waals surface area contributed by atoms with E-state index in [0.29, 0.717) is 35.8 Å². The van der Waals surface area contributed by atoms with Crippen LogP contribution in [0.2, 0.25) is 0 Å². The first-order valence-corrected chi connectivity index (χ1v) is 10.7. The fourth-order valence-corrected chi connectivity index (χ4v) is 4.43. The van der Waals surface area contributed by atoms with Gasteiger partial charge in [-0.1, -0.05) is 6.58 Å². The number of halogens is 1. The van der Waals surface area contributed by atoms with E-state index in [-0.39, 0.29) is 11.9 Å². The number of ether oxygens (including phenoxy) is 4. The van der Waals surface area contributed by atoms with Gasteiger partial charge in [0.2, 0.25) is 11.7 Å². The Morgan fingerprint density at radius 3 is 2.39 bits per heavy atom. The van der Waals surface area contributed by atoms with Crippen molar-refractivity contribution in [3.05, 3.63) is 45.6 Å². The molecular weight excluding hydrogens is 513 g/mol. The van der Waals surface area contributed by atoms with E-state index in [1.54, 1.807) is 27.4 Å². The standard InChI is InChI=1S/C23H24INO6/c1-6-20(27)31-18-11-14-15(10-16(18)24)21-13(7-8-17(14)25-12(2)26)9-19(28-3)22(29-4)23(21)30-5/h6,9-11,17H,1,7-8H2,2-5H3,(H,25,26)/t17-/m0/s1. The lowest BCUT2D eigenvalue weighted by atomic mass is 9.93. The lowest BCUT2D eigenvalue weighted by Gasteiger charge is -2.22. The van der Waals surface area contributed by atoms with Crippen molar-refractivity contribution in [2.45, 2.75) is 25.8 Å². The molecule has 164 valence electrons. The van der Waals surface area contributed by atoms with Crippen LogP contribution in [0.5, 0.6) is 23.0 Å². The van der Waals surface area contributed by atoms with Gasteiger partial charge >= 0.3 is 5.97 Å². The summed E-state index contributed by atoms with van der Waals surface area (Å²) in [6.07, 6.45) is 2.43. The molecule has 3 rings (SSSR count). The first kappa shape index (κ1) is 22.9. The normalized spacial score (nSPS) is 14.4. The molecule has 0 spiro atoms. The van der Waals surface area contributed by atoms with Crippen LogP contribution in [0.25, 0.3) is 11.1 Å². The largest absolute Gasteiger partial charge is 0.493 e. The summed E-state index contributed by atoms with van der Waals surface area (Å²) in [6, 6.07) is 5.38. The van der Waals surface area contributed by atoms with Crippen LogP contribution in [0.15, 0.2) is 30.9 Å². The molecule has 0 saturated heterocycles. The molecule has 0 bridgehead atoms. The quantitative estimate of drug-likeness (QED) is 0.258. The molecule has 0 fully saturated rings. The molecule has 0 saturated carbocycles. The maximum Gasteiger partial charge on any atom is 0.335 e. The molecular formula is C23H24INO6. The summed E-state index contributed by atoms with van der Waals surface area (Å²) in [5.41, 5.74) is 3.57. The molecule has 0 aromatic heterocycles. The summed E-state index contributed by atoms with van der Waals surface area (Å²) in [5, 5.41) is 3.02. The summed E-state index contributed by atoms with van der Waals surface area (Å²) in [4.78, 5) is 23.7. The van der Waals surface area contributed by atoms with Crippen LogP contribution < -0.4 is 24.3 Å². The van der Waals surface area contributed by atoms with E-state index in [1.165, 1.54) is 6.92 Å². The van der Waals surface area contributed by atoms with Crippen molar-refractivity contribution >= 4 is 34.5 Å². The van der Waals surface area contributed by atoms with E-state index >= 15 is 0 Å². The van der Waals surface area contributed by atoms with E-state index in [2.05, 4.69) is 34.5 Å². The van der Waals surface area contributed by atoms with Crippen molar-refractivity contribution in [2.75, 3.05) is 21.3 Å². The van der Waals surface area contributed by atoms with Crippen LogP contribution in [0.4, 0.5) is 0 Å². The average Bonchev–Trinajstić information content (AvgIpc) is 2.89. The van der Waals surface area contributed by atoms with E-state index in [1.807, 2.05) is 12.1 Å². The summed E-state index contributed by atoms with van der Waals surface area (Å²) in [7, 11) is 4.72. The van der Waals surface area contributed by atoms with Gasteiger partial charge < -0.3 is 24.3 Å². The minimum Gasteiger partial charge on any atom is -0.493 e. The topological polar surface area (TPSA) is 83.1 Å². The number of hydrogen-bond donors (Lipinski definition) is 1. The molecule has 1 aliphatic rings. The van der Waals surface area contributed by atoms with Gasteiger partial charge in [-0.25, -0.2) is 4.79 Å². The maximum absolute atomic E-state index is 11.9. The SMILES string of the molecule is C=CC(=O)Oc1cc2c(cc1I)-c1c(cc(OC)c(OC)c1OC)CC[C@@H]2NC(C)=O. The van der Waals surface area contributed by atoms with Crippen molar-refractivity contribution in [2.24, 2.45) is 0 Å². The predicted molar refractivity (Wildman–Crippen MR) is 125 cm³/mol. The second kappa shape index (κ2) is 9.59. The van der Waals surface area contributed by atoms with Gasteiger partial charge in [0, 0.05) is 18.6 Å². The molecule has 7 nitrogen and oxygen atoms in total. The van der Waals surface area contributed by atoms with Gasteiger partial charge in [-0.15, -0.1) is 0 Å². The molecule has 0 aliphatic heterocycles. The second-order valence-electron chi connectivity index (χ2n) is 6.97. The van der Waals surface area contributed by atoms with Crippen LogP contribution in [-0.2, 0) is 16.0 Å². The Hall–Kier alpha value is -2.75. The zero-order valence-corrected chi connectivity index (χ0v) is 20.0. The highest BCUT2D eigenvalue weighted by atomic mass is 127.